The predicted molar refractivity (Wildman–Crippen MR) is 59.9 cm³/mol. The van der Waals surface area contributed by atoms with Gasteiger partial charge in [-0.15, -0.1) is 11.6 Å². The molecule has 0 fully saturated rings. The smallest absolute Gasteiger partial charge is 0.141 e. The van der Waals surface area contributed by atoms with Gasteiger partial charge in [-0.2, -0.15) is 0 Å². The van der Waals surface area contributed by atoms with E-state index in [1.54, 1.807) is 0 Å². The average molecular weight is 268 g/mol. The Kier molecular flexibility index (Phi) is 4.51. The number of alkyl halides is 1. The number of amides is 1. The summed E-state index contributed by atoms with van der Waals surface area (Å²) in [6, 6.07) is 4.51. The molecule has 0 unspecified atom stereocenters. The SMILES string of the molecule is O=C([O-])N(CCCl)c1ccc(Cl)c(Cl)c1. The van der Waals surface area contributed by atoms with Crippen LogP contribution in [-0.4, -0.2) is 18.5 Å². The Morgan fingerprint density at radius 3 is 2.47 bits per heavy atom. The zero-order chi connectivity index (χ0) is 11.4. The van der Waals surface area contributed by atoms with E-state index in [0.717, 1.165) is 4.90 Å². The molecule has 0 aliphatic rings. The molecular formula is C9H7Cl3NO2-. The molecule has 1 amide bonds. The highest BCUT2D eigenvalue weighted by Crippen LogP contribution is 2.27. The van der Waals surface area contributed by atoms with Crippen molar-refractivity contribution in [1.82, 2.24) is 0 Å². The van der Waals surface area contributed by atoms with E-state index in [4.69, 9.17) is 34.8 Å². The van der Waals surface area contributed by atoms with Crippen LogP contribution in [-0.2, 0) is 0 Å². The molecule has 0 spiro atoms. The van der Waals surface area contributed by atoms with Crippen LogP contribution in [0.15, 0.2) is 18.2 Å². The van der Waals surface area contributed by atoms with Crippen LogP contribution >= 0.6 is 34.8 Å². The van der Waals surface area contributed by atoms with Gasteiger partial charge in [0, 0.05) is 18.1 Å². The number of carboxylic acid groups (broad SMARTS) is 1. The largest absolute Gasteiger partial charge is 0.530 e. The van der Waals surface area contributed by atoms with E-state index >= 15 is 0 Å². The van der Waals surface area contributed by atoms with Crippen molar-refractivity contribution < 1.29 is 9.90 Å². The van der Waals surface area contributed by atoms with E-state index in [1.165, 1.54) is 18.2 Å². The third-order valence-corrected chi connectivity index (χ3v) is 2.65. The number of anilines is 1. The fraction of sp³-hybridized carbons (Fsp3) is 0.222. The molecule has 1 aromatic rings. The quantitative estimate of drug-likeness (QED) is 0.789. The molecule has 0 heterocycles. The lowest BCUT2D eigenvalue weighted by Gasteiger charge is -2.24. The Bertz CT molecular complexity index is 370. The number of benzene rings is 1. The van der Waals surface area contributed by atoms with Gasteiger partial charge in [-0.1, -0.05) is 23.2 Å². The maximum atomic E-state index is 10.8. The minimum absolute atomic E-state index is 0.141. The van der Waals surface area contributed by atoms with Gasteiger partial charge in [0.2, 0.25) is 0 Å². The third kappa shape index (κ3) is 3.16. The number of hydrogen-bond donors (Lipinski definition) is 0. The molecule has 0 aromatic heterocycles. The molecule has 0 saturated carbocycles. The highest BCUT2D eigenvalue weighted by molar-refractivity contribution is 6.42. The summed E-state index contributed by atoms with van der Waals surface area (Å²) in [6.07, 6.45) is -1.32. The van der Waals surface area contributed by atoms with Crippen molar-refractivity contribution in [2.45, 2.75) is 0 Å². The highest BCUT2D eigenvalue weighted by Gasteiger charge is 2.08. The fourth-order valence-corrected chi connectivity index (χ4v) is 1.52. The molecule has 6 heteroatoms. The zero-order valence-corrected chi connectivity index (χ0v) is 9.81. The molecule has 82 valence electrons. The van der Waals surface area contributed by atoms with Crippen LogP contribution in [0, 0.1) is 0 Å². The molecule has 0 atom stereocenters. The molecule has 0 bridgehead atoms. The lowest BCUT2D eigenvalue weighted by molar-refractivity contribution is -0.246. The number of halogens is 3. The summed E-state index contributed by atoms with van der Waals surface area (Å²) in [5, 5.41) is 11.4. The average Bonchev–Trinajstić information content (AvgIpc) is 2.18. The van der Waals surface area contributed by atoms with Gasteiger partial charge in [0.25, 0.3) is 0 Å². The maximum absolute atomic E-state index is 10.8. The van der Waals surface area contributed by atoms with Crippen molar-refractivity contribution in [1.29, 1.82) is 0 Å². The first-order valence-corrected chi connectivity index (χ1v) is 5.35. The summed E-state index contributed by atoms with van der Waals surface area (Å²) in [5.41, 5.74) is 0.394. The van der Waals surface area contributed by atoms with Gasteiger partial charge >= 0.3 is 0 Å². The molecule has 0 aliphatic heterocycles. The van der Waals surface area contributed by atoms with Crippen LogP contribution < -0.4 is 10.0 Å². The lowest BCUT2D eigenvalue weighted by atomic mass is 10.3. The second-order valence-corrected chi connectivity index (χ2v) is 3.90. The second kappa shape index (κ2) is 5.45. The number of rotatable bonds is 3. The van der Waals surface area contributed by atoms with Crippen molar-refractivity contribution in [3.63, 3.8) is 0 Å². The van der Waals surface area contributed by atoms with Crippen molar-refractivity contribution in [3.8, 4) is 0 Å². The summed E-state index contributed by atoms with van der Waals surface area (Å²) in [7, 11) is 0. The number of carbonyl (C=O) groups is 1. The van der Waals surface area contributed by atoms with Crippen molar-refractivity contribution >= 4 is 46.6 Å². The third-order valence-electron chi connectivity index (χ3n) is 1.74. The molecule has 0 saturated heterocycles. The summed E-state index contributed by atoms with van der Waals surface area (Å²) in [5.74, 6) is 0.175. The van der Waals surface area contributed by atoms with E-state index in [2.05, 4.69) is 0 Å². The van der Waals surface area contributed by atoms with Gasteiger partial charge < -0.3 is 14.8 Å². The molecule has 3 nitrogen and oxygen atoms in total. The van der Waals surface area contributed by atoms with Crippen LogP contribution in [0.3, 0.4) is 0 Å². The van der Waals surface area contributed by atoms with Gasteiger partial charge in [0.15, 0.2) is 0 Å². The standard InChI is InChI=1S/C9H8Cl3NO2/c10-3-4-13(9(14)15)6-1-2-7(11)8(12)5-6/h1-2,5H,3-4H2,(H,14,15)/p-1. The van der Waals surface area contributed by atoms with E-state index in [-0.39, 0.29) is 17.4 Å². The fourth-order valence-electron chi connectivity index (χ4n) is 1.06. The lowest BCUT2D eigenvalue weighted by Crippen LogP contribution is -2.42. The van der Waals surface area contributed by atoms with Crippen molar-refractivity contribution in [3.05, 3.63) is 28.2 Å². The second-order valence-electron chi connectivity index (χ2n) is 2.70. The summed E-state index contributed by atoms with van der Waals surface area (Å²) in [4.78, 5) is 11.8. The number of hydrogen-bond acceptors (Lipinski definition) is 2. The first-order valence-electron chi connectivity index (χ1n) is 4.05. The monoisotopic (exact) mass is 266 g/mol. The van der Waals surface area contributed by atoms with Gasteiger partial charge in [-0.05, 0) is 18.2 Å². The molecule has 1 aromatic carbocycles. The van der Waals surface area contributed by atoms with E-state index in [0.29, 0.717) is 10.7 Å². The van der Waals surface area contributed by atoms with Gasteiger partial charge in [0.1, 0.15) is 6.09 Å². The summed E-state index contributed by atoms with van der Waals surface area (Å²) >= 11 is 16.9. The number of nitrogens with zero attached hydrogens (tertiary/aromatic N) is 1. The van der Waals surface area contributed by atoms with Crippen LogP contribution in [0.2, 0.25) is 10.0 Å². The number of carbonyl (C=O) groups excluding carboxylic acids is 1. The molecular weight excluding hydrogens is 260 g/mol. The predicted octanol–water partition coefficient (Wildman–Crippen LogP) is 2.38. The van der Waals surface area contributed by atoms with Gasteiger partial charge in [-0.3, -0.25) is 0 Å². The Balaban J connectivity index is 3.01. The van der Waals surface area contributed by atoms with Crippen LogP contribution in [0.5, 0.6) is 0 Å². The van der Waals surface area contributed by atoms with Gasteiger partial charge in [-0.25, -0.2) is 0 Å². The molecule has 0 N–H and O–H groups in total. The Labute approximate surface area is 102 Å². The van der Waals surface area contributed by atoms with E-state index in [1.807, 2.05) is 0 Å². The van der Waals surface area contributed by atoms with Crippen LogP contribution in [0.25, 0.3) is 0 Å². The molecule has 15 heavy (non-hydrogen) atoms. The Morgan fingerprint density at radius 1 is 1.33 bits per heavy atom. The maximum Gasteiger partial charge on any atom is 0.141 e. The summed E-state index contributed by atoms with van der Waals surface area (Å²) < 4.78 is 0. The minimum atomic E-state index is -1.32. The van der Waals surface area contributed by atoms with Gasteiger partial charge in [0.05, 0.1) is 10.0 Å². The van der Waals surface area contributed by atoms with E-state index < -0.39 is 6.09 Å². The topological polar surface area (TPSA) is 43.4 Å². The first kappa shape index (κ1) is 12.4. The van der Waals surface area contributed by atoms with E-state index in [9.17, 15) is 9.90 Å². The first-order chi connectivity index (χ1) is 7.06. The molecule has 1 rings (SSSR count). The minimum Gasteiger partial charge on any atom is -0.530 e. The van der Waals surface area contributed by atoms with Crippen LogP contribution in [0.4, 0.5) is 10.5 Å². The van der Waals surface area contributed by atoms with Crippen molar-refractivity contribution in [2.75, 3.05) is 17.3 Å². The van der Waals surface area contributed by atoms with Crippen LogP contribution in [0.1, 0.15) is 0 Å². The van der Waals surface area contributed by atoms with Crippen molar-refractivity contribution in [2.24, 2.45) is 0 Å². The molecule has 0 radical (unpaired) electrons. The zero-order valence-electron chi connectivity index (χ0n) is 7.54. The normalized spacial score (nSPS) is 10.1. The Hall–Kier alpha value is -0.640. The highest BCUT2D eigenvalue weighted by atomic mass is 35.5. The summed E-state index contributed by atoms with van der Waals surface area (Å²) in [6.45, 7) is 0.141. The Morgan fingerprint density at radius 2 is 2.00 bits per heavy atom. The molecule has 0 aliphatic carbocycles.